The van der Waals surface area contributed by atoms with Gasteiger partial charge in [0.2, 0.25) is 0 Å². The number of hydrogen-bond donors (Lipinski definition) is 2. The van der Waals surface area contributed by atoms with Crippen LogP contribution in [0.4, 0.5) is 0 Å². The van der Waals surface area contributed by atoms with E-state index in [1.807, 2.05) is 20.8 Å². The molecule has 0 unspecified atom stereocenters. The first-order valence-electron chi connectivity index (χ1n) is 6.16. The third kappa shape index (κ3) is 4.62. The average molecular weight is 265 g/mol. The van der Waals surface area contributed by atoms with Crippen molar-refractivity contribution in [1.82, 2.24) is 5.32 Å². The molecule has 0 aliphatic heterocycles. The lowest BCUT2D eigenvalue weighted by atomic mass is 10.1. The van der Waals surface area contributed by atoms with Gasteiger partial charge in [-0.25, -0.2) is 4.79 Å². The number of ether oxygens (including phenoxy) is 1. The zero-order chi connectivity index (χ0) is 14.4. The second-order valence-corrected chi connectivity index (χ2v) is 4.69. The molecule has 1 atom stereocenters. The molecule has 0 heterocycles. The van der Waals surface area contributed by atoms with Crippen molar-refractivity contribution in [3.8, 4) is 5.75 Å². The van der Waals surface area contributed by atoms with Gasteiger partial charge < -0.3 is 15.2 Å². The van der Waals surface area contributed by atoms with E-state index >= 15 is 0 Å². The van der Waals surface area contributed by atoms with Gasteiger partial charge in [-0.2, -0.15) is 0 Å². The first-order valence-corrected chi connectivity index (χ1v) is 6.16. The minimum Gasteiger partial charge on any atom is -0.507 e. The number of nitrogens with one attached hydrogen (secondary N) is 1. The quantitative estimate of drug-likeness (QED) is 0.795. The summed E-state index contributed by atoms with van der Waals surface area (Å²) in [7, 11) is 0. The lowest BCUT2D eigenvalue weighted by Crippen LogP contribution is -2.38. The van der Waals surface area contributed by atoms with Crippen LogP contribution in [0.2, 0.25) is 0 Å². The molecule has 0 aliphatic carbocycles. The van der Waals surface area contributed by atoms with E-state index in [0.717, 1.165) is 0 Å². The molecule has 0 radical (unpaired) electrons. The van der Waals surface area contributed by atoms with Crippen molar-refractivity contribution in [2.24, 2.45) is 5.92 Å². The summed E-state index contributed by atoms with van der Waals surface area (Å²) in [5, 5.41) is 12.2. The number of phenols is 1. The van der Waals surface area contributed by atoms with Crippen molar-refractivity contribution in [2.45, 2.75) is 26.8 Å². The second kappa shape index (κ2) is 6.78. The van der Waals surface area contributed by atoms with Crippen LogP contribution >= 0.6 is 0 Å². The minimum atomic E-state index is -0.717. The van der Waals surface area contributed by atoms with E-state index in [1.165, 1.54) is 12.1 Å². The van der Waals surface area contributed by atoms with E-state index in [2.05, 4.69) is 5.32 Å². The van der Waals surface area contributed by atoms with Gasteiger partial charge in [0.15, 0.2) is 6.61 Å². The molecule has 0 fully saturated rings. The Morgan fingerprint density at radius 3 is 2.47 bits per heavy atom. The van der Waals surface area contributed by atoms with E-state index in [-0.39, 0.29) is 29.9 Å². The van der Waals surface area contributed by atoms with Crippen molar-refractivity contribution < 1.29 is 19.4 Å². The maximum absolute atomic E-state index is 11.6. The Morgan fingerprint density at radius 1 is 1.26 bits per heavy atom. The van der Waals surface area contributed by atoms with Gasteiger partial charge in [0, 0.05) is 6.04 Å². The van der Waals surface area contributed by atoms with Crippen molar-refractivity contribution in [1.29, 1.82) is 0 Å². The number of benzene rings is 1. The maximum Gasteiger partial charge on any atom is 0.342 e. The Balaban J connectivity index is 2.47. The molecule has 0 saturated heterocycles. The molecule has 2 N–H and O–H groups in total. The lowest BCUT2D eigenvalue weighted by Gasteiger charge is -2.17. The van der Waals surface area contributed by atoms with Gasteiger partial charge in [-0.15, -0.1) is 0 Å². The number of phenolic OH excluding ortho intramolecular Hbond substituents is 1. The molecule has 1 aromatic rings. The average Bonchev–Trinajstić information content (AvgIpc) is 2.36. The number of carbonyl (C=O) groups is 2. The Kier molecular flexibility index (Phi) is 5.36. The summed E-state index contributed by atoms with van der Waals surface area (Å²) in [5.74, 6) is -0.934. The maximum atomic E-state index is 11.6. The SMILES string of the molecule is CC(C)[C@H](C)NC(=O)COC(=O)c1ccccc1O. The molecule has 5 nitrogen and oxygen atoms in total. The number of rotatable bonds is 5. The van der Waals surface area contributed by atoms with Gasteiger partial charge in [-0.05, 0) is 25.0 Å². The molecule has 1 rings (SSSR count). The molecule has 0 aliphatic rings. The van der Waals surface area contributed by atoms with Crippen LogP contribution in [0.5, 0.6) is 5.75 Å². The largest absolute Gasteiger partial charge is 0.507 e. The fourth-order valence-corrected chi connectivity index (χ4v) is 1.32. The van der Waals surface area contributed by atoms with Gasteiger partial charge in [0.25, 0.3) is 5.91 Å². The summed E-state index contributed by atoms with van der Waals surface area (Å²) in [5.41, 5.74) is 0.0483. The normalized spacial score (nSPS) is 12.0. The third-order valence-electron chi connectivity index (χ3n) is 2.85. The van der Waals surface area contributed by atoms with Crippen LogP contribution in [0.25, 0.3) is 0 Å². The number of esters is 1. The van der Waals surface area contributed by atoms with Crippen molar-refractivity contribution in [3.63, 3.8) is 0 Å². The Labute approximate surface area is 112 Å². The fourth-order valence-electron chi connectivity index (χ4n) is 1.32. The van der Waals surface area contributed by atoms with Gasteiger partial charge in [-0.3, -0.25) is 4.79 Å². The number of aromatic hydroxyl groups is 1. The Morgan fingerprint density at radius 2 is 1.89 bits per heavy atom. The molecule has 0 aromatic heterocycles. The summed E-state index contributed by atoms with van der Waals surface area (Å²) in [6.45, 7) is 5.50. The first kappa shape index (κ1) is 15.0. The highest BCUT2D eigenvalue weighted by molar-refractivity contribution is 5.93. The minimum absolute atomic E-state index is 0.0105. The van der Waals surface area contributed by atoms with E-state index in [4.69, 9.17) is 4.74 Å². The molecule has 1 amide bonds. The molecule has 5 heteroatoms. The number of amides is 1. The first-order chi connectivity index (χ1) is 8.91. The van der Waals surface area contributed by atoms with E-state index in [9.17, 15) is 14.7 Å². The van der Waals surface area contributed by atoms with Crippen LogP contribution in [0.3, 0.4) is 0 Å². The van der Waals surface area contributed by atoms with Crippen molar-refractivity contribution in [3.05, 3.63) is 29.8 Å². The Bertz CT molecular complexity index is 457. The van der Waals surface area contributed by atoms with Crippen molar-refractivity contribution >= 4 is 11.9 Å². The zero-order valence-corrected chi connectivity index (χ0v) is 11.3. The second-order valence-electron chi connectivity index (χ2n) is 4.69. The summed E-state index contributed by atoms with van der Waals surface area (Å²) in [4.78, 5) is 23.2. The number of para-hydroxylation sites is 1. The van der Waals surface area contributed by atoms with Gasteiger partial charge in [0.05, 0.1) is 0 Å². The monoisotopic (exact) mass is 265 g/mol. The molecule has 104 valence electrons. The Hall–Kier alpha value is -2.04. The molecule has 19 heavy (non-hydrogen) atoms. The van der Waals surface area contributed by atoms with Crippen LogP contribution in [0.15, 0.2) is 24.3 Å². The molecule has 0 spiro atoms. The highest BCUT2D eigenvalue weighted by atomic mass is 16.5. The van der Waals surface area contributed by atoms with Crippen LogP contribution in [0.1, 0.15) is 31.1 Å². The number of carbonyl (C=O) groups excluding carboxylic acids is 2. The number of hydrogen-bond acceptors (Lipinski definition) is 4. The van der Waals surface area contributed by atoms with Crippen molar-refractivity contribution in [2.75, 3.05) is 6.61 Å². The topological polar surface area (TPSA) is 75.6 Å². The predicted molar refractivity (Wildman–Crippen MR) is 70.8 cm³/mol. The zero-order valence-electron chi connectivity index (χ0n) is 11.3. The highest BCUT2D eigenvalue weighted by Crippen LogP contribution is 2.16. The lowest BCUT2D eigenvalue weighted by molar-refractivity contribution is -0.125. The molecule has 1 aromatic carbocycles. The summed E-state index contributed by atoms with van der Waals surface area (Å²) < 4.78 is 4.84. The molecular weight excluding hydrogens is 246 g/mol. The van der Waals surface area contributed by atoms with Gasteiger partial charge >= 0.3 is 5.97 Å². The van der Waals surface area contributed by atoms with E-state index in [1.54, 1.807) is 12.1 Å². The van der Waals surface area contributed by atoms with E-state index in [0.29, 0.717) is 5.92 Å². The predicted octanol–water partition coefficient (Wildman–Crippen LogP) is 1.71. The molecule has 0 saturated carbocycles. The summed E-state index contributed by atoms with van der Waals surface area (Å²) >= 11 is 0. The molecule has 0 bridgehead atoms. The standard InChI is InChI=1S/C14H19NO4/c1-9(2)10(3)15-13(17)8-19-14(18)11-6-4-5-7-12(11)16/h4-7,9-10,16H,8H2,1-3H3,(H,15,17)/t10-/m0/s1. The van der Waals surface area contributed by atoms with Gasteiger partial charge in [0.1, 0.15) is 11.3 Å². The van der Waals surface area contributed by atoms with Crippen LogP contribution in [-0.4, -0.2) is 29.6 Å². The van der Waals surface area contributed by atoms with Crippen LogP contribution in [0, 0.1) is 5.92 Å². The highest BCUT2D eigenvalue weighted by Gasteiger charge is 2.15. The summed E-state index contributed by atoms with van der Waals surface area (Å²) in [6.07, 6.45) is 0. The van der Waals surface area contributed by atoms with Gasteiger partial charge in [-0.1, -0.05) is 26.0 Å². The third-order valence-corrected chi connectivity index (χ3v) is 2.85. The fraction of sp³-hybridized carbons (Fsp3) is 0.429. The van der Waals surface area contributed by atoms with Crippen LogP contribution in [-0.2, 0) is 9.53 Å². The van der Waals surface area contributed by atoms with Crippen LogP contribution < -0.4 is 5.32 Å². The smallest absolute Gasteiger partial charge is 0.342 e. The van der Waals surface area contributed by atoms with E-state index < -0.39 is 5.97 Å². The molecular formula is C14H19NO4. The summed E-state index contributed by atoms with van der Waals surface area (Å²) in [6, 6.07) is 6.04.